The molecule has 0 aliphatic carbocycles. The molecule has 1 saturated heterocycles. The van der Waals surface area contributed by atoms with Crippen molar-refractivity contribution in [3.8, 4) is 5.75 Å². The highest BCUT2D eigenvalue weighted by Gasteiger charge is 2.21. The minimum atomic E-state index is -0.292. The van der Waals surface area contributed by atoms with Gasteiger partial charge in [0.15, 0.2) is 11.6 Å². The zero-order valence-electron chi connectivity index (χ0n) is 11.4. The molecule has 2 N–H and O–H groups in total. The third-order valence-corrected chi connectivity index (χ3v) is 3.72. The first-order chi connectivity index (χ1) is 9.31. The molecule has 0 saturated carbocycles. The van der Waals surface area contributed by atoms with Crippen molar-refractivity contribution in [1.82, 2.24) is 4.90 Å². The SMILES string of the molecule is NCCC1CCCCN1CCOc1ccccc1F. The lowest BCUT2D eigenvalue weighted by atomic mass is 9.99. The maximum absolute atomic E-state index is 13.4. The summed E-state index contributed by atoms with van der Waals surface area (Å²) in [7, 11) is 0. The molecule has 1 aromatic rings. The predicted molar refractivity (Wildman–Crippen MR) is 74.8 cm³/mol. The van der Waals surface area contributed by atoms with E-state index in [1.807, 2.05) is 0 Å². The highest BCUT2D eigenvalue weighted by molar-refractivity contribution is 5.23. The number of likely N-dealkylation sites (tertiary alicyclic amines) is 1. The minimum absolute atomic E-state index is 0.292. The smallest absolute Gasteiger partial charge is 0.165 e. The molecule has 1 aromatic carbocycles. The van der Waals surface area contributed by atoms with Crippen LogP contribution in [0.15, 0.2) is 24.3 Å². The fraction of sp³-hybridized carbons (Fsp3) is 0.600. The largest absolute Gasteiger partial charge is 0.489 e. The van der Waals surface area contributed by atoms with Crippen LogP contribution >= 0.6 is 0 Å². The Hall–Kier alpha value is -1.13. The van der Waals surface area contributed by atoms with Crippen LogP contribution in [0.2, 0.25) is 0 Å². The van der Waals surface area contributed by atoms with Crippen molar-refractivity contribution in [2.45, 2.75) is 31.7 Å². The van der Waals surface area contributed by atoms with Crippen molar-refractivity contribution in [3.63, 3.8) is 0 Å². The molecule has 0 bridgehead atoms. The zero-order chi connectivity index (χ0) is 13.5. The topological polar surface area (TPSA) is 38.5 Å². The fourth-order valence-electron chi connectivity index (χ4n) is 2.71. The second-order valence-electron chi connectivity index (χ2n) is 5.04. The van der Waals surface area contributed by atoms with Gasteiger partial charge in [-0.15, -0.1) is 0 Å². The number of nitrogens with zero attached hydrogens (tertiary/aromatic N) is 1. The third-order valence-electron chi connectivity index (χ3n) is 3.72. The molecule has 2 rings (SSSR count). The first-order valence-corrected chi connectivity index (χ1v) is 7.12. The first-order valence-electron chi connectivity index (χ1n) is 7.12. The molecule has 0 spiro atoms. The quantitative estimate of drug-likeness (QED) is 0.859. The van der Waals surface area contributed by atoms with Crippen LogP contribution in [0.25, 0.3) is 0 Å². The number of hydrogen-bond acceptors (Lipinski definition) is 3. The van der Waals surface area contributed by atoms with E-state index in [1.54, 1.807) is 18.2 Å². The van der Waals surface area contributed by atoms with E-state index < -0.39 is 0 Å². The van der Waals surface area contributed by atoms with E-state index in [-0.39, 0.29) is 5.82 Å². The maximum atomic E-state index is 13.4. The van der Waals surface area contributed by atoms with Crippen LogP contribution in [0.3, 0.4) is 0 Å². The van der Waals surface area contributed by atoms with E-state index in [0.717, 1.165) is 26.1 Å². The molecule has 1 fully saturated rings. The van der Waals surface area contributed by atoms with Crippen LogP contribution < -0.4 is 10.5 Å². The third kappa shape index (κ3) is 4.18. The Kier molecular flexibility index (Phi) is 5.61. The van der Waals surface area contributed by atoms with E-state index in [1.165, 1.54) is 25.3 Å². The zero-order valence-corrected chi connectivity index (χ0v) is 11.4. The Labute approximate surface area is 114 Å². The fourth-order valence-corrected chi connectivity index (χ4v) is 2.71. The lowest BCUT2D eigenvalue weighted by Gasteiger charge is -2.35. The molecule has 0 amide bonds. The van der Waals surface area contributed by atoms with Gasteiger partial charge in [0.05, 0.1) is 0 Å². The molecular formula is C15H23FN2O. The molecule has 4 heteroatoms. The molecule has 0 radical (unpaired) electrons. The van der Waals surface area contributed by atoms with E-state index in [4.69, 9.17) is 10.5 Å². The number of para-hydroxylation sites is 1. The number of nitrogens with two attached hydrogens (primary N) is 1. The van der Waals surface area contributed by atoms with E-state index in [0.29, 0.717) is 18.4 Å². The molecule has 1 unspecified atom stereocenters. The van der Waals surface area contributed by atoms with Crippen molar-refractivity contribution in [1.29, 1.82) is 0 Å². The van der Waals surface area contributed by atoms with Crippen LogP contribution in [0.4, 0.5) is 4.39 Å². The van der Waals surface area contributed by atoms with Crippen LogP contribution in [0.5, 0.6) is 5.75 Å². The monoisotopic (exact) mass is 266 g/mol. The Balaban J connectivity index is 1.79. The highest BCUT2D eigenvalue weighted by atomic mass is 19.1. The van der Waals surface area contributed by atoms with Crippen molar-refractivity contribution < 1.29 is 9.13 Å². The normalized spacial score (nSPS) is 20.4. The number of rotatable bonds is 6. The number of hydrogen-bond donors (Lipinski definition) is 1. The van der Waals surface area contributed by atoms with Gasteiger partial charge in [0.1, 0.15) is 6.61 Å². The standard InChI is InChI=1S/C15H23FN2O/c16-14-6-1-2-7-15(14)19-12-11-18-10-4-3-5-13(18)8-9-17/h1-2,6-7,13H,3-5,8-12,17H2. The van der Waals surface area contributed by atoms with E-state index in [2.05, 4.69) is 4.90 Å². The number of piperidine rings is 1. The summed E-state index contributed by atoms with van der Waals surface area (Å²) in [5, 5.41) is 0. The summed E-state index contributed by atoms with van der Waals surface area (Å²) in [6, 6.07) is 7.12. The molecule has 1 aliphatic rings. The summed E-state index contributed by atoms with van der Waals surface area (Å²) in [6.07, 6.45) is 4.78. The Morgan fingerprint density at radius 2 is 2.16 bits per heavy atom. The molecule has 106 valence electrons. The number of benzene rings is 1. The molecule has 1 heterocycles. The minimum Gasteiger partial charge on any atom is -0.489 e. The Morgan fingerprint density at radius 3 is 2.95 bits per heavy atom. The van der Waals surface area contributed by atoms with Crippen molar-refractivity contribution in [3.05, 3.63) is 30.1 Å². The Morgan fingerprint density at radius 1 is 1.32 bits per heavy atom. The lowest BCUT2D eigenvalue weighted by Crippen LogP contribution is -2.42. The summed E-state index contributed by atoms with van der Waals surface area (Å²) in [6.45, 7) is 3.21. The summed E-state index contributed by atoms with van der Waals surface area (Å²) < 4.78 is 18.9. The van der Waals surface area contributed by atoms with Gasteiger partial charge in [0, 0.05) is 12.6 Å². The summed E-state index contributed by atoms with van der Waals surface area (Å²) in [5.74, 6) is 0.0505. The summed E-state index contributed by atoms with van der Waals surface area (Å²) in [5.41, 5.74) is 5.65. The number of halogens is 1. The van der Waals surface area contributed by atoms with Crippen LogP contribution in [-0.4, -0.2) is 37.2 Å². The van der Waals surface area contributed by atoms with Gasteiger partial charge in [-0.05, 0) is 44.5 Å². The van der Waals surface area contributed by atoms with Crippen molar-refractivity contribution in [2.75, 3.05) is 26.2 Å². The molecule has 0 aromatic heterocycles. The van der Waals surface area contributed by atoms with Crippen molar-refractivity contribution >= 4 is 0 Å². The average Bonchev–Trinajstić information content (AvgIpc) is 2.43. The van der Waals surface area contributed by atoms with Gasteiger partial charge in [0.2, 0.25) is 0 Å². The second-order valence-corrected chi connectivity index (χ2v) is 5.04. The molecule has 1 aliphatic heterocycles. The summed E-state index contributed by atoms with van der Waals surface area (Å²) >= 11 is 0. The van der Waals surface area contributed by atoms with Gasteiger partial charge in [-0.1, -0.05) is 18.6 Å². The van der Waals surface area contributed by atoms with E-state index >= 15 is 0 Å². The van der Waals surface area contributed by atoms with Gasteiger partial charge < -0.3 is 10.5 Å². The second kappa shape index (κ2) is 7.46. The van der Waals surface area contributed by atoms with Crippen molar-refractivity contribution in [2.24, 2.45) is 5.73 Å². The van der Waals surface area contributed by atoms with Crippen LogP contribution in [-0.2, 0) is 0 Å². The average molecular weight is 266 g/mol. The molecule has 3 nitrogen and oxygen atoms in total. The van der Waals surface area contributed by atoms with Gasteiger partial charge in [-0.3, -0.25) is 4.90 Å². The highest BCUT2D eigenvalue weighted by Crippen LogP contribution is 2.19. The molecular weight excluding hydrogens is 243 g/mol. The lowest BCUT2D eigenvalue weighted by molar-refractivity contribution is 0.117. The Bertz CT molecular complexity index is 384. The molecule has 19 heavy (non-hydrogen) atoms. The van der Waals surface area contributed by atoms with Gasteiger partial charge in [-0.2, -0.15) is 0 Å². The predicted octanol–water partition coefficient (Wildman–Crippen LogP) is 2.41. The first kappa shape index (κ1) is 14.3. The van der Waals surface area contributed by atoms with Crippen LogP contribution in [0.1, 0.15) is 25.7 Å². The maximum Gasteiger partial charge on any atom is 0.165 e. The molecule has 1 atom stereocenters. The van der Waals surface area contributed by atoms with E-state index in [9.17, 15) is 4.39 Å². The van der Waals surface area contributed by atoms with Gasteiger partial charge >= 0.3 is 0 Å². The van der Waals surface area contributed by atoms with Crippen LogP contribution in [0, 0.1) is 5.82 Å². The number of ether oxygens (including phenoxy) is 1. The van der Waals surface area contributed by atoms with Gasteiger partial charge in [-0.25, -0.2) is 4.39 Å². The van der Waals surface area contributed by atoms with Gasteiger partial charge in [0.25, 0.3) is 0 Å². The summed E-state index contributed by atoms with van der Waals surface area (Å²) in [4.78, 5) is 2.43.